The van der Waals surface area contributed by atoms with Gasteiger partial charge in [-0.05, 0) is 30.3 Å². The van der Waals surface area contributed by atoms with Crippen LogP contribution in [-0.4, -0.2) is 46.7 Å². The van der Waals surface area contributed by atoms with Gasteiger partial charge >= 0.3 is 0 Å². The SMILES string of the molecule is CC(=O)NC1CCOc2ccc(-c3csc(NC(=O)CN4C(=O)c5ccccc5C4=O)n3)cc21. The highest BCUT2D eigenvalue weighted by molar-refractivity contribution is 7.14. The molecule has 0 bridgehead atoms. The number of fused-ring (bicyclic) bond motifs is 2. The van der Waals surface area contributed by atoms with Crippen LogP contribution in [0.5, 0.6) is 5.75 Å². The van der Waals surface area contributed by atoms with Gasteiger partial charge in [-0.1, -0.05) is 12.1 Å². The zero-order valence-corrected chi connectivity index (χ0v) is 19.0. The summed E-state index contributed by atoms with van der Waals surface area (Å²) in [5, 5.41) is 7.76. The Labute approximate surface area is 198 Å². The second-order valence-corrected chi connectivity index (χ2v) is 8.83. The van der Waals surface area contributed by atoms with Crippen molar-refractivity contribution < 1.29 is 23.9 Å². The van der Waals surface area contributed by atoms with Gasteiger partial charge in [-0.2, -0.15) is 0 Å². The summed E-state index contributed by atoms with van der Waals surface area (Å²) in [6, 6.07) is 12.0. The summed E-state index contributed by atoms with van der Waals surface area (Å²) in [7, 11) is 0. The molecule has 3 heterocycles. The molecule has 4 amide bonds. The number of carbonyl (C=O) groups is 4. The van der Waals surface area contributed by atoms with Gasteiger partial charge in [0.2, 0.25) is 11.8 Å². The summed E-state index contributed by atoms with van der Waals surface area (Å²) in [4.78, 5) is 54.5. The van der Waals surface area contributed by atoms with Crippen molar-refractivity contribution in [1.29, 1.82) is 0 Å². The maximum absolute atomic E-state index is 12.5. The highest BCUT2D eigenvalue weighted by Crippen LogP contribution is 2.36. The van der Waals surface area contributed by atoms with Crippen LogP contribution in [0.4, 0.5) is 5.13 Å². The Kier molecular flexibility index (Phi) is 5.58. The molecule has 2 aliphatic rings. The molecule has 1 unspecified atom stereocenters. The zero-order valence-electron chi connectivity index (χ0n) is 18.2. The van der Waals surface area contributed by atoms with Gasteiger partial charge in [-0.15, -0.1) is 11.3 Å². The number of thiazole rings is 1. The molecule has 172 valence electrons. The van der Waals surface area contributed by atoms with Gasteiger partial charge in [0.15, 0.2) is 5.13 Å². The van der Waals surface area contributed by atoms with E-state index in [2.05, 4.69) is 15.6 Å². The molecule has 5 rings (SSSR count). The first-order chi connectivity index (χ1) is 16.4. The van der Waals surface area contributed by atoms with E-state index in [1.165, 1.54) is 18.3 Å². The lowest BCUT2D eigenvalue weighted by molar-refractivity contribution is -0.120. The second-order valence-electron chi connectivity index (χ2n) is 7.97. The van der Waals surface area contributed by atoms with Crippen LogP contribution >= 0.6 is 11.3 Å². The summed E-state index contributed by atoms with van der Waals surface area (Å²) in [6.45, 7) is 1.61. The average molecular weight is 477 g/mol. The second kappa shape index (κ2) is 8.71. The highest BCUT2D eigenvalue weighted by Gasteiger charge is 2.36. The van der Waals surface area contributed by atoms with Gasteiger partial charge in [-0.25, -0.2) is 4.98 Å². The smallest absolute Gasteiger partial charge is 0.262 e. The minimum Gasteiger partial charge on any atom is -0.493 e. The van der Waals surface area contributed by atoms with Crippen molar-refractivity contribution in [2.75, 3.05) is 18.5 Å². The first-order valence-corrected chi connectivity index (χ1v) is 11.5. The number of aromatic nitrogens is 1. The van der Waals surface area contributed by atoms with Crippen LogP contribution in [-0.2, 0) is 9.59 Å². The Balaban J connectivity index is 1.29. The number of benzene rings is 2. The van der Waals surface area contributed by atoms with Crippen molar-refractivity contribution >= 4 is 40.1 Å². The predicted octanol–water partition coefficient (Wildman–Crippen LogP) is 3.00. The number of imide groups is 1. The van der Waals surface area contributed by atoms with Gasteiger partial charge in [0.1, 0.15) is 12.3 Å². The van der Waals surface area contributed by atoms with Gasteiger partial charge in [0.05, 0.1) is 29.5 Å². The van der Waals surface area contributed by atoms with E-state index >= 15 is 0 Å². The van der Waals surface area contributed by atoms with E-state index < -0.39 is 24.3 Å². The molecule has 0 saturated heterocycles. The number of carbonyl (C=O) groups excluding carboxylic acids is 4. The lowest BCUT2D eigenvalue weighted by Crippen LogP contribution is -2.37. The Morgan fingerprint density at radius 2 is 1.88 bits per heavy atom. The fourth-order valence-electron chi connectivity index (χ4n) is 4.10. The molecular weight excluding hydrogens is 456 g/mol. The maximum atomic E-state index is 12.5. The highest BCUT2D eigenvalue weighted by atomic mass is 32.1. The topological polar surface area (TPSA) is 118 Å². The number of nitrogens with zero attached hydrogens (tertiary/aromatic N) is 2. The molecule has 0 saturated carbocycles. The molecule has 34 heavy (non-hydrogen) atoms. The molecule has 0 radical (unpaired) electrons. The number of anilines is 1. The summed E-state index contributed by atoms with van der Waals surface area (Å²) in [6.07, 6.45) is 0.673. The van der Waals surface area contributed by atoms with Crippen molar-refractivity contribution in [2.24, 2.45) is 0 Å². The molecule has 0 spiro atoms. The molecule has 1 aromatic heterocycles. The summed E-state index contributed by atoms with van der Waals surface area (Å²) in [5.41, 5.74) is 2.94. The molecule has 1 atom stereocenters. The van der Waals surface area contributed by atoms with E-state index in [9.17, 15) is 19.2 Å². The van der Waals surface area contributed by atoms with Crippen molar-refractivity contribution in [3.8, 4) is 17.0 Å². The van der Waals surface area contributed by atoms with Crippen LogP contribution in [0.25, 0.3) is 11.3 Å². The third-order valence-corrected chi connectivity index (χ3v) is 6.41. The van der Waals surface area contributed by atoms with Crippen LogP contribution in [0.2, 0.25) is 0 Å². The summed E-state index contributed by atoms with van der Waals surface area (Å²) in [5.74, 6) is -0.875. The minimum absolute atomic E-state index is 0.111. The average Bonchev–Trinajstić information content (AvgIpc) is 3.38. The number of hydrogen-bond donors (Lipinski definition) is 2. The molecular formula is C24H20N4O5S. The standard InChI is InChI=1S/C24H20N4O5S/c1-13(29)25-18-8-9-33-20-7-6-14(10-17(18)20)19-12-34-24(26-19)27-21(30)11-28-22(31)15-4-2-3-5-16(15)23(28)32/h2-7,10,12,18H,8-9,11H2,1H3,(H,25,29)(H,26,27,30). The molecule has 3 aromatic rings. The van der Waals surface area contributed by atoms with E-state index in [0.29, 0.717) is 35.0 Å². The zero-order chi connectivity index (χ0) is 23.8. The summed E-state index contributed by atoms with van der Waals surface area (Å²) >= 11 is 1.24. The monoisotopic (exact) mass is 476 g/mol. The summed E-state index contributed by atoms with van der Waals surface area (Å²) < 4.78 is 5.70. The predicted molar refractivity (Wildman–Crippen MR) is 125 cm³/mol. The van der Waals surface area contributed by atoms with Gasteiger partial charge in [0, 0.05) is 29.9 Å². The number of rotatable bonds is 5. The Morgan fingerprint density at radius 1 is 1.15 bits per heavy atom. The molecule has 2 N–H and O–H groups in total. The minimum atomic E-state index is -0.514. The van der Waals surface area contributed by atoms with Gasteiger partial charge in [0.25, 0.3) is 11.8 Å². The van der Waals surface area contributed by atoms with Crippen LogP contribution < -0.4 is 15.4 Å². The van der Waals surface area contributed by atoms with Crippen LogP contribution in [0.1, 0.15) is 45.7 Å². The Bertz CT molecular complexity index is 1300. The third-order valence-electron chi connectivity index (χ3n) is 5.65. The number of nitrogens with one attached hydrogen (secondary N) is 2. The molecule has 0 aliphatic carbocycles. The van der Waals surface area contributed by atoms with E-state index in [1.807, 2.05) is 18.2 Å². The largest absolute Gasteiger partial charge is 0.493 e. The number of amides is 4. The lowest BCUT2D eigenvalue weighted by atomic mass is 9.97. The third kappa shape index (κ3) is 4.03. The lowest BCUT2D eigenvalue weighted by Gasteiger charge is -2.26. The first kappa shape index (κ1) is 21.8. The first-order valence-electron chi connectivity index (χ1n) is 10.7. The Hall–Kier alpha value is -4.05. The van der Waals surface area contributed by atoms with Crippen molar-refractivity contribution in [2.45, 2.75) is 19.4 Å². The van der Waals surface area contributed by atoms with E-state index in [4.69, 9.17) is 4.74 Å². The fraction of sp³-hybridized carbons (Fsp3) is 0.208. The molecule has 2 aliphatic heterocycles. The van der Waals surface area contributed by atoms with Crippen LogP contribution in [0.15, 0.2) is 47.8 Å². The normalized spacial score (nSPS) is 16.5. The van der Waals surface area contributed by atoms with E-state index in [-0.39, 0.29) is 11.9 Å². The number of ether oxygens (including phenoxy) is 1. The molecule has 2 aromatic carbocycles. The van der Waals surface area contributed by atoms with E-state index in [1.54, 1.807) is 29.6 Å². The van der Waals surface area contributed by atoms with Crippen molar-refractivity contribution in [3.63, 3.8) is 0 Å². The Morgan fingerprint density at radius 3 is 2.59 bits per heavy atom. The molecule has 10 heteroatoms. The van der Waals surface area contributed by atoms with Gasteiger partial charge < -0.3 is 15.4 Å². The molecule has 0 fully saturated rings. The van der Waals surface area contributed by atoms with E-state index in [0.717, 1.165) is 21.8 Å². The van der Waals surface area contributed by atoms with Crippen molar-refractivity contribution in [3.05, 3.63) is 64.5 Å². The van der Waals surface area contributed by atoms with Crippen LogP contribution in [0.3, 0.4) is 0 Å². The fourth-order valence-corrected chi connectivity index (χ4v) is 4.83. The quantitative estimate of drug-likeness (QED) is 0.547. The van der Waals surface area contributed by atoms with Crippen LogP contribution in [0, 0.1) is 0 Å². The maximum Gasteiger partial charge on any atom is 0.262 e. The van der Waals surface area contributed by atoms with Gasteiger partial charge in [-0.3, -0.25) is 24.1 Å². The number of hydrogen-bond acceptors (Lipinski definition) is 7. The molecule has 9 nitrogen and oxygen atoms in total. The van der Waals surface area contributed by atoms with Crippen molar-refractivity contribution in [1.82, 2.24) is 15.2 Å².